The second-order valence-electron chi connectivity index (χ2n) is 14.8. The normalized spacial score (nSPS) is 18.2. The molecule has 4 rings (SSSR count). The third kappa shape index (κ3) is 14.0. The second kappa shape index (κ2) is 22.4. The van der Waals surface area contributed by atoms with Gasteiger partial charge in [-0.15, -0.1) is 0 Å². The van der Waals surface area contributed by atoms with Crippen LogP contribution in [0.3, 0.4) is 0 Å². The largest absolute Gasteiger partial charge is 0.497 e. The zero-order valence-corrected chi connectivity index (χ0v) is 33.9. The second-order valence-corrected chi connectivity index (χ2v) is 14.8. The SMILES string of the molecule is COc1ccc(NC(=O)N(C)C[C@@H]2OCCCC[C@@H](C)Oc3ccc(NC(=O)CCCCCC(=O)Nc4ccccc4N)cc3C(=O)N([C@H](C)CO)C[C@@H]2C)cc1. The summed E-state index contributed by atoms with van der Waals surface area (Å²) >= 11 is 0. The number of carbonyl (C=O) groups excluding carboxylic acids is 4. The van der Waals surface area contributed by atoms with Gasteiger partial charge in [0.2, 0.25) is 11.8 Å². The summed E-state index contributed by atoms with van der Waals surface area (Å²) < 4.78 is 17.9. The minimum absolute atomic E-state index is 0.133. The first-order valence-corrected chi connectivity index (χ1v) is 19.8. The van der Waals surface area contributed by atoms with E-state index in [1.54, 1.807) is 97.6 Å². The number of aliphatic hydroxyl groups excluding tert-OH is 1. The van der Waals surface area contributed by atoms with Crippen LogP contribution in [-0.4, -0.2) is 97.4 Å². The van der Waals surface area contributed by atoms with Gasteiger partial charge in [-0.05, 0) is 101 Å². The maximum Gasteiger partial charge on any atom is 0.321 e. The summed E-state index contributed by atoms with van der Waals surface area (Å²) in [6.45, 7) is 6.37. The predicted octanol–water partition coefficient (Wildman–Crippen LogP) is 6.76. The quantitative estimate of drug-likeness (QED) is 0.0870. The van der Waals surface area contributed by atoms with Gasteiger partial charge in [-0.3, -0.25) is 14.4 Å². The summed E-state index contributed by atoms with van der Waals surface area (Å²) in [4.78, 5) is 56.2. The van der Waals surface area contributed by atoms with Crippen molar-refractivity contribution >= 4 is 46.5 Å². The maximum atomic E-state index is 14.5. The molecule has 14 heteroatoms. The maximum absolute atomic E-state index is 14.5. The van der Waals surface area contributed by atoms with E-state index in [0.717, 1.165) is 19.3 Å². The summed E-state index contributed by atoms with van der Waals surface area (Å²) in [6, 6.07) is 18.3. The molecule has 1 heterocycles. The van der Waals surface area contributed by atoms with Gasteiger partial charge in [0.25, 0.3) is 5.91 Å². The Balaban J connectivity index is 1.42. The Labute approximate surface area is 336 Å². The number of rotatable bonds is 14. The average molecular weight is 789 g/mol. The number of likely N-dealkylation sites (N-methyl/N-ethyl adjacent to an activating group) is 1. The van der Waals surface area contributed by atoms with Gasteiger partial charge in [0, 0.05) is 56.9 Å². The van der Waals surface area contributed by atoms with Crippen LogP contribution in [-0.2, 0) is 14.3 Å². The number of nitrogens with zero attached hydrogens (tertiary/aromatic N) is 2. The molecule has 14 nitrogen and oxygen atoms in total. The summed E-state index contributed by atoms with van der Waals surface area (Å²) in [5.74, 6) is 0.124. The number of fused-ring (bicyclic) bond motifs is 1. The van der Waals surface area contributed by atoms with Gasteiger partial charge in [0.15, 0.2) is 0 Å². The summed E-state index contributed by atoms with van der Waals surface area (Å²) in [5.41, 5.74) is 8.33. The van der Waals surface area contributed by atoms with Crippen LogP contribution < -0.4 is 31.2 Å². The molecule has 310 valence electrons. The molecular weight excluding hydrogens is 729 g/mol. The molecule has 3 aromatic carbocycles. The van der Waals surface area contributed by atoms with E-state index in [2.05, 4.69) is 16.0 Å². The average Bonchev–Trinajstić information content (AvgIpc) is 3.19. The molecule has 0 unspecified atom stereocenters. The number of hydrogen-bond acceptors (Lipinski definition) is 9. The van der Waals surface area contributed by atoms with Gasteiger partial charge in [-0.2, -0.15) is 0 Å². The molecule has 0 spiro atoms. The number of benzene rings is 3. The number of nitrogens with one attached hydrogen (secondary N) is 3. The van der Waals surface area contributed by atoms with Gasteiger partial charge >= 0.3 is 6.03 Å². The van der Waals surface area contributed by atoms with Crippen LogP contribution in [0.5, 0.6) is 11.5 Å². The lowest BCUT2D eigenvalue weighted by Gasteiger charge is -2.35. The number of nitrogen functional groups attached to an aromatic ring is 1. The molecule has 0 aliphatic carbocycles. The number of urea groups is 1. The van der Waals surface area contributed by atoms with E-state index >= 15 is 0 Å². The molecule has 0 saturated carbocycles. The van der Waals surface area contributed by atoms with Gasteiger partial charge in [-0.1, -0.05) is 25.5 Å². The summed E-state index contributed by atoms with van der Waals surface area (Å²) in [5, 5.41) is 18.9. The lowest BCUT2D eigenvalue weighted by Crippen LogP contribution is -2.48. The van der Waals surface area contributed by atoms with Crippen molar-refractivity contribution in [1.29, 1.82) is 0 Å². The molecule has 4 atom stereocenters. The standard InChI is InChI=1S/C43H60N6O8/c1-29-26-49(30(2)28-50)42(53)35-25-33(45-40(51)16-7-6-8-17-41(52)47-37-15-10-9-14-36(37)44)20-23-38(35)57-31(3)13-11-12-24-56-39(29)27-48(4)43(54)46-32-18-21-34(55-5)22-19-32/h9-10,14-15,18-23,25,29-31,39,50H,6-8,11-13,16-17,24,26-28,44H2,1-5H3,(H,45,51)(H,46,54)(H,47,52)/t29-,30+,31+,39-/m0/s1. The van der Waals surface area contributed by atoms with Gasteiger partial charge in [-0.25, -0.2) is 4.79 Å². The topological polar surface area (TPSA) is 185 Å². The van der Waals surface area contributed by atoms with Crippen molar-refractivity contribution < 1.29 is 38.5 Å². The monoisotopic (exact) mass is 788 g/mol. The number of anilines is 4. The van der Waals surface area contributed by atoms with Crippen molar-refractivity contribution in [2.75, 3.05) is 62.1 Å². The third-order valence-corrected chi connectivity index (χ3v) is 10.0. The third-order valence-electron chi connectivity index (χ3n) is 10.0. The Morgan fingerprint density at radius 3 is 2.32 bits per heavy atom. The highest BCUT2D eigenvalue weighted by molar-refractivity contribution is 6.00. The van der Waals surface area contributed by atoms with Crippen LogP contribution in [0.15, 0.2) is 66.7 Å². The number of amides is 5. The van der Waals surface area contributed by atoms with Crippen molar-refractivity contribution in [2.24, 2.45) is 5.92 Å². The lowest BCUT2D eigenvalue weighted by atomic mass is 10.0. The predicted molar refractivity (Wildman–Crippen MR) is 223 cm³/mol. The van der Waals surface area contributed by atoms with Crippen LogP contribution in [0.2, 0.25) is 0 Å². The van der Waals surface area contributed by atoms with E-state index in [0.29, 0.717) is 66.5 Å². The molecular formula is C43H60N6O8. The highest BCUT2D eigenvalue weighted by Gasteiger charge is 2.31. The fourth-order valence-corrected chi connectivity index (χ4v) is 6.50. The molecule has 0 radical (unpaired) electrons. The van der Waals surface area contributed by atoms with Crippen LogP contribution in [0.25, 0.3) is 0 Å². The molecule has 0 saturated heterocycles. The van der Waals surface area contributed by atoms with Crippen LogP contribution >= 0.6 is 0 Å². The van der Waals surface area contributed by atoms with Crippen molar-refractivity contribution in [3.63, 3.8) is 0 Å². The molecule has 57 heavy (non-hydrogen) atoms. The van der Waals surface area contributed by atoms with E-state index in [1.807, 2.05) is 13.8 Å². The Kier molecular flexibility index (Phi) is 17.4. The molecule has 0 bridgehead atoms. The molecule has 0 fully saturated rings. The Morgan fingerprint density at radius 2 is 1.63 bits per heavy atom. The fraction of sp³-hybridized carbons (Fsp3) is 0.488. The number of para-hydroxylation sites is 2. The van der Waals surface area contributed by atoms with E-state index < -0.39 is 12.1 Å². The van der Waals surface area contributed by atoms with E-state index in [-0.39, 0.29) is 67.5 Å². The van der Waals surface area contributed by atoms with Crippen molar-refractivity contribution in [2.45, 2.75) is 90.4 Å². The molecule has 3 aromatic rings. The zero-order chi connectivity index (χ0) is 41.3. The zero-order valence-electron chi connectivity index (χ0n) is 33.9. The summed E-state index contributed by atoms with van der Waals surface area (Å²) in [6.07, 6.45) is 4.13. The molecule has 0 aromatic heterocycles. The van der Waals surface area contributed by atoms with Crippen LogP contribution in [0.1, 0.15) is 82.5 Å². The number of unbranched alkanes of at least 4 members (excludes halogenated alkanes) is 2. The Bertz CT molecular complexity index is 1770. The van der Waals surface area contributed by atoms with Crippen molar-refractivity contribution in [3.8, 4) is 11.5 Å². The van der Waals surface area contributed by atoms with Gasteiger partial charge in [0.05, 0.1) is 48.9 Å². The van der Waals surface area contributed by atoms with E-state index in [4.69, 9.17) is 19.9 Å². The minimum Gasteiger partial charge on any atom is -0.497 e. The Morgan fingerprint density at radius 1 is 0.947 bits per heavy atom. The molecule has 6 N–H and O–H groups in total. The number of nitrogens with two attached hydrogens (primary N) is 1. The van der Waals surface area contributed by atoms with Crippen molar-refractivity contribution in [3.05, 3.63) is 72.3 Å². The summed E-state index contributed by atoms with van der Waals surface area (Å²) in [7, 11) is 3.28. The highest BCUT2D eigenvalue weighted by atomic mass is 16.5. The lowest BCUT2D eigenvalue weighted by molar-refractivity contribution is -0.116. The Hall–Kier alpha value is -5.34. The van der Waals surface area contributed by atoms with Gasteiger partial charge in [0.1, 0.15) is 11.5 Å². The number of methoxy groups -OCH3 is 1. The number of ether oxygens (including phenoxy) is 3. The molecule has 1 aliphatic heterocycles. The minimum atomic E-state index is -0.555. The first-order chi connectivity index (χ1) is 27.4. The van der Waals surface area contributed by atoms with E-state index in [1.165, 1.54) is 0 Å². The number of hydrogen-bond donors (Lipinski definition) is 5. The van der Waals surface area contributed by atoms with Gasteiger partial charge < -0.3 is 50.8 Å². The number of aliphatic hydroxyl groups is 1. The highest BCUT2D eigenvalue weighted by Crippen LogP contribution is 2.29. The van der Waals surface area contributed by atoms with Crippen LogP contribution in [0, 0.1) is 5.92 Å². The smallest absolute Gasteiger partial charge is 0.321 e. The fourth-order valence-electron chi connectivity index (χ4n) is 6.50. The molecule has 5 amide bonds. The van der Waals surface area contributed by atoms with E-state index in [9.17, 15) is 24.3 Å². The first kappa shape index (κ1) is 44.4. The van der Waals surface area contributed by atoms with Crippen molar-refractivity contribution in [1.82, 2.24) is 9.80 Å². The number of carbonyl (C=O) groups is 4. The van der Waals surface area contributed by atoms with Crippen LogP contribution in [0.4, 0.5) is 27.5 Å². The first-order valence-electron chi connectivity index (χ1n) is 19.8. The molecule has 1 aliphatic rings.